The molecule has 0 spiro atoms. The van der Waals surface area contributed by atoms with Crippen molar-refractivity contribution < 1.29 is 42.9 Å². The maximum Gasteiger partial charge on any atom is 0.361 e. The van der Waals surface area contributed by atoms with Crippen LogP contribution >= 0.6 is 0 Å². The van der Waals surface area contributed by atoms with Gasteiger partial charge in [0, 0.05) is 12.8 Å². The van der Waals surface area contributed by atoms with Gasteiger partial charge >= 0.3 is 17.9 Å². The van der Waals surface area contributed by atoms with Crippen molar-refractivity contribution in [1.29, 1.82) is 0 Å². The molecule has 0 amide bonds. The maximum absolute atomic E-state index is 12.8. The highest BCUT2D eigenvalue weighted by atomic mass is 16.7. The third-order valence-electron chi connectivity index (χ3n) is 10.7. The van der Waals surface area contributed by atoms with Crippen molar-refractivity contribution in [2.45, 2.75) is 232 Å². The normalized spacial score (nSPS) is 13.0. The standard InChI is InChI=1S/C50H93NO8/c1-6-8-10-12-14-16-18-20-22-24-25-27-29-31-33-35-37-39-41-48(53)59-46(45-58-50(49(54)55)56-43-42-51(3,4)5)44-57-47(52)40-38-36-34-32-30-28-26-23-21-19-17-15-13-11-9-7-2/h22-24,26,46,50H,6-21,25,27-45H2,1-5H3/p+1/b24-22-,26-23-. The molecular formula is C50H94NO8+. The second kappa shape index (κ2) is 42.5. The Bertz CT molecular complexity index is 1020. The second-order valence-corrected chi connectivity index (χ2v) is 17.8. The lowest BCUT2D eigenvalue weighted by Gasteiger charge is -2.25. The minimum Gasteiger partial charge on any atom is -0.477 e. The molecule has 0 aromatic heterocycles. The van der Waals surface area contributed by atoms with E-state index in [0.29, 0.717) is 17.4 Å². The molecule has 0 aliphatic heterocycles. The molecule has 346 valence electrons. The first-order chi connectivity index (χ1) is 28.6. The summed E-state index contributed by atoms with van der Waals surface area (Å²) in [6.45, 7) is 4.87. The van der Waals surface area contributed by atoms with E-state index in [1.54, 1.807) is 0 Å². The Balaban J connectivity index is 4.39. The molecule has 9 nitrogen and oxygen atoms in total. The number of likely N-dealkylation sites (N-methyl/N-ethyl adjacent to an activating group) is 1. The van der Waals surface area contributed by atoms with Gasteiger partial charge in [-0.2, -0.15) is 0 Å². The van der Waals surface area contributed by atoms with Crippen molar-refractivity contribution in [1.82, 2.24) is 0 Å². The zero-order valence-electron chi connectivity index (χ0n) is 39.2. The Labute approximate surface area is 363 Å². The van der Waals surface area contributed by atoms with E-state index in [-0.39, 0.29) is 32.2 Å². The maximum atomic E-state index is 12.8. The Hall–Kier alpha value is -2.23. The molecule has 0 aliphatic rings. The van der Waals surface area contributed by atoms with Gasteiger partial charge in [0.1, 0.15) is 13.2 Å². The number of carboxylic acids is 1. The third-order valence-corrected chi connectivity index (χ3v) is 10.7. The zero-order chi connectivity index (χ0) is 43.5. The van der Waals surface area contributed by atoms with Gasteiger partial charge in [0.15, 0.2) is 6.10 Å². The molecule has 2 unspecified atom stereocenters. The minimum absolute atomic E-state index is 0.185. The molecular weight excluding hydrogens is 743 g/mol. The molecule has 0 bridgehead atoms. The average Bonchev–Trinajstić information content (AvgIpc) is 3.19. The summed E-state index contributed by atoms with van der Waals surface area (Å²) in [6, 6.07) is 0. The summed E-state index contributed by atoms with van der Waals surface area (Å²) < 4.78 is 22.8. The van der Waals surface area contributed by atoms with E-state index in [4.69, 9.17) is 18.9 Å². The number of allylic oxidation sites excluding steroid dienone is 4. The van der Waals surface area contributed by atoms with E-state index in [1.807, 2.05) is 21.1 Å². The summed E-state index contributed by atoms with van der Waals surface area (Å²) in [7, 11) is 5.96. The molecule has 0 saturated carbocycles. The lowest BCUT2D eigenvalue weighted by molar-refractivity contribution is -0.870. The van der Waals surface area contributed by atoms with Crippen molar-refractivity contribution in [2.24, 2.45) is 0 Å². The molecule has 0 rings (SSSR count). The number of ether oxygens (including phenoxy) is 4. The summed E-state index contributed by atoms with van der Waals surface area (Å²) in [5.41, 5.74) is 0. The fourth-order valence-electron chi connectivity index (χ4n) is 6.83. The van der Waals surface area contributed by atoms with E-state index in [2.05, 4.69) is 38.2 Å². The van der Waals surface area contributed by atoms with Crippen LogP contribution in [0.1, 0.15) is 219 Å². The Kier molecular flexibility index (Phi) is 40.9. The van der Waals surface area contributed by atoms with Crippen LogP contribution in [0.3, 0.4) is 0 Å². The molecule has 0 aliphatic carbocycles. The summed E-state index contributed by atoms with van der Waals surface area (Å²) in [5.74, 6) is -2.01. The van der Waals surface area contributed by atoms with Gasteiger partial charge in [-0.1, -0.05) is 167 Å². The van der Waals surface area contributed by atoms with Crippen molar-refractivity contribution in [3.63, 3.8) is 0 Å². The zero-order valence-corrected chi connectivity index (χ0v) is 39.2. The quantitative estimate of drug-likeness (QED) is 0.0212. The highest BCUT2D eigenvalue weighted by Gasteiger charge is 2.25. The SMILES string of the molecule is CCCCCCCCC/C=C\CCCCCCCCCC(=O)OC(COC(=O)CCCCCCC/C=C\CCCCCCCCC)COC(OCC[N+](C)(C)C)C(=O)O. The fourth-order valence-corrected chi connectivity index (χ4v) is 6.83. The lowest BCUT2D eigenvalue weighted by atomic mass is 10.1. The van der Waals surface area contributed by atoms with Crippen LogP contribution in [-0.2, 0) is 33.3 Å². The summed E-state index contributed by atoms with van der Waals surface area (Å²) in [4.78, 5) is 37.2. The van der Waals surface area contributed by atoms with Crippen LogP contribution in [0.5, 0.6) is 0 Å². The predicted octanol–water partition coefficient (Wildman–Crippen LogP) is 13.2. The van der Waals surface area contributed by atoms with Crippen LogP contribution in [-0.4, -0.2) is 87.4 Å². The van der Waals surface area contributed by atoms with Gasteiger partial charge in [0.05, 0.1) is 34.4 Å². The van der Waals surface area contributed by atoms with Crippen LogP contribution in [0.15, 0.2) is 24.3 Å². The number of aliphatic carboxylic acids is 1. The molecule has 0 radical (unpaired) electrons. The van der Waals surface area contributed by atoms with Crippen LogP contribution in [0.4, 0.5) is 0 Å². The van der Waals surface area contributed by atoms with E-state index in [9.17, 15) is 19.5 Å². The number of rotatable bonds is 45. The minimum atomic E-state index is -1.51. The first-order valence-electron chi connectivity index (χ1n) is 24.5. The largest absolute Gasteiger partial charge is 0.477 e. The van der Waals surface area contributed by atoms with E-state index < -0.39 is 24.3 Å². The van der Waals surface area contributed by atoms with Gasteiger partial charge in [-0.25, -0.2) is 4.79 Å². The van der Waals surface area contributed by atoms with Crippen LogP contribution in [0, 0.1) is 0 Å². The number of quaternary nitrogens is 1. The highest BCUT2D eigenvalue weighted by Crippen LogP contribution is 2.14. The van der Waals surface area contributed by atoms with Crippen molar-refractivity contribution in [3.05, 3.63) is 24.3 Å². The first kappa shape index (κ1) is 56.8. The predicted molar refractivity (Wildman–Crippen MR) is 244 cm³/mol. The Morgan fingerprint density at radius 2 is 0.864 bits per heavy atom. The van der Waals surface area contributed by atoms with Crippen molar-refractivity contribution >= 4 is 17.9 Å². The molecule has 1 N–H and O–H groups in total. The third kappa shape index (κ3) is 43.7. The molecule has 2 atom stereocenters. The monoisotopic (exact) mass is 837 g/mol. The van der Waals surface area contributed by atoms with Gasteiger partial charge in [0.2, 0.25) is 0 Å². The summed E-state index contributed by atoms with van der Waals surface area (Å²) in [5, 5.41) is 9.65. The van der Waals surface area contributed by atoms with Gasteiger partial charge in [0.25, 0.3) is 6.29 Å². The number of esters is 2. The topological polar surface area (TPSA) is 108 Å². The van der Waals surface area contributed by atoms with Gasteiger partial charge in [-0.3, -0.25) is 9.59 Å². The van der Waals surface area contributed by atoms with Crippen LogP contribution < -0.4 is 0 Å². The lowest BCUT2D eigenvalue weighted by Crippen LogP contribution is -2.40. The Morgan fingerprint density at radius 3 is 1.25 bits per heavy atom. The van der Waals surface area contributed by atoms with Crippen LogP contribution in [0.2, 0.25) is 0 Å². The van der Waals surface area contributed by atoms with Crippen molar-refractivity contribution in [2.75, 3.05) is 47.5 Å². The van der Waals surface area contributed by atoms with E-state index in [1.165, 1.54) is 128 Å². The van der Waals surface area contributed by atoms with Gasteiger partial charge in [-0.05, 0) is 64.2 Å². The number of nitrogens with zero attached hydrogens (tertiary/aromatic N) is 1. The number of carboxylic acid groups (broad SMARTS) is 1. The Morgan fingerprint density at radius 1 is 0.492 bits per heavy atom. The smallest absolute Gasteiger partial charge is 0.361 e. The van der Waals surface area contributed by atoms with Gasteiger partial charge in [-0.15, -0.1) is 0 Å². The second-order valence-electron chi connectivity index (χ2n) is 17.8. The summed E-state index contributed by atoms with van der Waals surface area (Å²) >= 11 is 0. The van der Waals surface area contributed by atoms with Crippen LogP contribution in [0.25, 0.3) is 0 Å². The average molecular weight is 837 g/mol. The molecule has 59 heavy (non-hydrogen) atoms. The summed E-state index contributed by atoms with van der Waals surface area (Å²) in [6.07, 6.45) is 43.7. The van der Waals surface area contributed by atoms with E-state index >= 15 is 0 Å². The van der Waals surface area contributed by atoms with E-state index in [0.717, 1.165) is 64.2 Å². The highest BCUT2D eigenvalue weighted by molar-refractivity contribution is 5.71. The number of unbranched alkanes of at least 4 members (excludes halogenated alkanes) is 26. The van der Waals surface area contributed by atoms with Gasteiger partial charge < -0.3 is 28.5 Å². The molecule has 0 aromatic carbocycles. The number of carbonyl (C=O) groups is 3. The molecule has 0 aromatic rings. The number of carbonyl (C=O) groups excluding carboxylic acids is 2. The molecule has 0 heterocycles. The fraction of sp³-hybridized carbons (Fsp3) is 0.860. The molecule has 9 heteroatoms. The van der Waals surface area contributed by atoms with Crippen molar-refractivity contribution in [3.8, 4) is 0 Å². The first-order valence-corrected chi connectivity index (χ1v) is 24.5. The number of hydrogen-bond donors (Lipinski definition) is 1. The molecule has 0 saturated heterocycles. The number of hydrogen-bond acceptors (Lipinski definition) is 7. The molecule has 0 fully saturated rings.